The Morgan fingerprint density at radius 3 is 3.00 bits per heavy atom. The summed E-state index contributed by atoms with van der Waals surface area (Å²) in [5, 5.41) is 3.47. The molecule has 0 aliphatic carbocycles. The summed E-state index contributed by atoms with van der Waals surface area (Å²) in [4.78, 5) is 11.0. The van der Waals surface area contributed by atoms with Gasteiger partial charge in [-0.1, -0.05) is 5.16 Å². The molecule has 0 aliphatic rings. The van der Waals surface area contributed by atoms with Gasteiger partial charge < -0.3 is 9.26 Å². The molecule has 1 aromatic rings. The van der Waals surface area contributed by atoms with E-state index < -0.39 is 0 Å². The van der Waals surface area contributed by atoms with Gasteiger partial charge in [-0.25, -0.2) is 0 Å². The highest BCUT2D eigenvalue weighted by molar-refractivity contribution is 5.71. The minimum atomic E-state index is -0.290. The molecule has 0 aliphatic heterocycles. The molecule has 4 nitrogen and oxygen atoms in total. The van der Waals surface area contributed by atoms with Crippen molar-refractivity contribution in [1.29, 1.82) is 0 Å². The minimum Gasteiger partial charge on any atom is -0.463 e. The van der Waals surface area contributed by atoms with Crippen molar-refractivity contribution in [3.05, 3.63) is 18.0 Å². The second kappa shape index (κ2) is 3.90. The summed E-state index contributed by atoms with van der Waals surface area (Å²) in [5.74, 6) is 0.238. The lowest BCUT2D eigenvalue weighted by atomic mass is 10.3. The van der Waals surface area contributed by atoms with Crippen LogP contribution in [0.3, 0.4) is 0 Å². The predicted molar refractivity (Wildman–Crippen MR) is 41.4 cm³/mol. The van der Waals surface area contributed by atoms with E-state index in [0.717, 1.165) is 0 Å². The molecule has 1 heterocycles. The van der Waals surface area contributed by atoms with Crippen LogP contribution in [-0.2, 0) is 16.0 Å². The summed E-state index contributed by atoms with van der Waals surface area (Å²) in [6.07, 6.45) is 1.57. The van der Waals surface area contributed by atoms with E-state index in [0.29, 0.717) is 5.76 Å². The normalized spacial score (nSPS) is 10.2. The first-order chi connectivity index (χ1) is 5.68. The first-order valence-electron chi connectivity index (χ1n) is 3.77. The number of carbonyl (C=O) groups is 1. The van der Waals surface area contributed by atoms with E-state index in [9.17, 15) is 4.79 Å². The fourth-order valence-corrected chi connectivity index (χ4v) is 0.780. The third-order valence-electron chi connectivity index (χ3n) is 1.18. The van der Waals surface area contributed by atoms with E-state index in [1.54, 1.807) is 19.9 Å². The number of aromatic nitrogens is 1. The van der Waals surface area contributed by atoms with Crippen LogP contribution in [-0.4, -0.2) is 17.2 Å². The van der Waals surface area contributed by atoms with Crippen LogP contribution in [0, 0.1) is 0 Å². The van der Waals surface area contributed by atoms with Crippen LogP contribution in [0.5, 0.6) is 0 Å². The molecule has 0 amide bonds. The topological polar surface area (TPSA) is 52.3 Å². The van der Waals surface area contributed by atoms with Crippen LogP contribution in [0.4, 0.5) is 0 Å². The summed E-state index contributed by atoms with van der Waals surface area (Å²) in [5.41, 5.74) is 0. The second-order valence-corrected chi connectivity index (χ2v) is 2.69. The molecule has 0 radical (unpaired) electrons. The van der Waals surface area contributed by atoms with Crippen molar-refractivity contribution in [2.24, 2.45) is 0 Å². The maximum Gasteiger partial charge on any atom is 0.313 e. The Balaban J connectivity index is 2.37. The summed E-state index contributed by atoms with van der Waals surface area (Å²) < 4.78 is 9.63. The lowest BCUT2D eigenvalue weighted by Crippen LogP contribution is -2.13. The van der Waals surface area contributed by atoms with E-state index in [-0.39, 0.29) is 18.5 Å². The molecule has 4 heteroatoms. The summed E-state index contributed by atoms with van der Waals surface area (Å²) >= 11 is 0. The highest BCUT2D eigenvalue weighted by Crippen LogP contribution is 2.00. The Morgan fingerprint density at radius 2 is 2.50 bits per heavy atom. The Kier molecular flexibility index (Phi) is 2.85. The molecule has 0 saturated heterocycles. The molecule has 0 spiro atoms. The number of nitrogens with zero attached hydrogens (tertiary/aromatic N) is 1. The van der Waals surface area contributed by atoms with Gasteiger partial charge >= 0.3 is 5.97 Å². The van der Waals surface area contributed by atoms with Gasteiger partial charge in [0, 0.05) is 6.07 Å². The minimum absolute atomic E-state index is 0.0829. The van der Waals surface area contributed by atoms with Crippen LogP contribution >= 0.6 is 0 Å². The van der Waals surface area contributed by atoms with Gasteiger partial charge in [0.1, 0.15) is 12.2 Å². The summed E-state index contributed by atoms with van der Waals surface area (Å²) in [7, 11) is 0. The third-order valence-corrected chi connectivity index (χ3v) is 1.18. The average molecular weight is 169 g/mol. The molecule has 1 rings (SSSR count). The number of esters is 1. The first kappa shape index (κ1) is 8.77. The zero-order valence-corrected chi connectivity index (χ0v) is 7.11. The third kappa shape index (κ3) is 2.74. The zero-order valence-electron chi connectivity index (χ0n) is 7.11. The predicted octanol–water partition coefficient (Wildman–Crippen LogP) is 1.17. The van der Waals surface area contributed by atoms with E-state index in [1.165, 1.54) is 6.20 Å². The highest BCUT2D eigenvalue weighted by Gasteiger charge is 2.08. The monoisotopic (exact) mass is 169 g/mol. The molecule has 0 unspecified atom stereocenters. The standard InChI is InChI=1S/C8H11NO3/c1-6(2)11-8(10)5-7-3-4-9-12-7/h3-4,6H,5H2,1-2H3. The molecular weight excluding hydrogens is 158 g/mol. The Bertz CT molecular complexity index is 241. The zero-order chi connectivity index (χ0) is 8.97. The van der Waals surface area contributed by atoms with Gasteiger partial charge in [-0.2, -0.15) is 0 Å². The van der Waals surface area contributed by atoms with Crippen molar-refractivity contribution in [3.8, 4) is 0 Å². The maximum absolute atomic E-state index is 11.0. The van der Waals surface area contributed by atoms with Gasteiger partial charge in [0.05, 0.1) is 12.3 Å². The van der Waals surface area contributed by atoms with Crippen molar-refractivity contribution in [2.45, 2.75) is 26.4 Å². The van der Waals surface area contributed by atoms with Gasteiger partial charge in [0.25, 0.3) is 0 Å². The van der Waals surface area contributed by atoms with E-state index in [1.807, 2.05) is 0 Å². The second-order valence-electron chi connectivity index (χ2n) is 2.69. The molecule has 1 aromatic heterocycles. The van der Waals surface area contributed by atoms with Gasteiger partial charge in [-0.05, 0) is 13.8 Å². The van der Waals surface area contributed by atoms with Crippen molar-refractivity contribution >= 4 is 5.97 Å². The summed E-state index contributed by atoms with van der Waals surface area (Å²) in [6.45, 7) is 3.61. The van der Waals surface area contributed by atoms with Crippen molar-refractivity contribution in [1.82, 2.24) is 5.16 Å². The highest BCUT2D eigenvalue weighted by atomic mass is 16.5. The maximum atomic E-state index is 11.0. The van der Waals surface area contributed by atoms with Gasteiger partial charge in [0.15, 0.2) is 0 Å². The van der Waals surface area contributed by atoms with Gasteiger partial charge in [0.2, 0.25) is 0 Å². The number of rotatable bonds is 3. The van der Waals surface area contributed by atoms with Crippen LogP contribution < -0.4 is 0 Å². The Labute approximate surface area is 70.5 Å². The summed E-state index contributed by atoms with van der Waals surface area (Å²) in [6, 6.07) is 1.64. The molecule has 0 fully saturated rings. The van der Waals surface area contributed by atoms with E-state index >= 15 is 0 Å². The number of hydrogen-bond donors (Lipinski definition) is 0. The lowest BCUT2D eigenvalue weighted by molar-refractivity contribution is -0.146. The van der Waals surface area contributed by atoms with E-state index in [4.69, 9.17) is 9.26 Å². The molecule has 66 valence electrons. The number of hydrogen-bond acceptors (Lipinski definition) is 4. The number of ether oxygens (including phenoxy) is 1. The van der Waals surface area contributed by atoms with Gasteiger partial charge in [-0.15, -0.1) is 0 Å². The fraction of sp³-hybridized carbons (Fsp3) is 0.500. The average Bonchev–Trinajstić information content (AvgIpc) is 2.37. The van der Waals surface area contributed by atoms with Crippen LogP contribution in [0.1, 0.15) is 19.6 Å². The fourth-order valence-electron chi connectivity index (χ4n) is 0.780. The molecule has 12 heavy (non-hydrogen) atoms. The molecule has 0 saturated carbocycles. The van der Waals surface area contributed by atoms with Gasteiger partial charge in [-0.3, -0.25) is 4.79 Å². The van der Waals surface area contributed by atoms with Crippen LogP contribution in [0.25, 0.3) is 0 Å². The van der Waals surface area contributed by atoms with Crippen molar-refractivity contribution in [2.75, 3.05) is 0 Å². The molecule has 0 atom stereocenters. The Hall–Kier alpha value is -1.32. The lowest BCUT2D eigenvalue weighted by Gasteiger charge is -2.05. The molecule has 0 N–H and O–H groups in total. The first-order valence-corrected chi connectivity index (χ1v) is 3.77. The largest absolute Gasteiger partial charge is 0.463 e. The Morgan fingerprint density at radius 1 is 1.75 bits per heavy atom. The van der Waals surface area contributed by atoms with Crippen LogP contribution in [0.2, 0.25) is 0 Å². The number of carbonyl (C=O) groups excluding carboxylic acids is 1. The van der Waals surface area contributed by atoms with Crippen molar-refractivity contribution in [3.63, 3.8) is 0 Å². The SMILES string of the molecule is CC(C)OC(=O)Cc1ccno1. The quantitative estimate of drug-likeness (QED) is 0.637. The van der Waals surface area contributed by atoms with Crippen molar-refractivity contribution < 1.29 is 14.1 Å². The smallest absolute Gasteiger partial charge is 0.313 e. The van der Waals surface area contributed by atoms with Crippen LogP contribution in [0.15, 0.2) is 16.8 Å². The van der Waals surface area contributed by atoms with E-state index in [2.05, 4.69) is 5.16 Å². The molecule has 0 aromatic carbocycles. The molecular formula is C8H11NO3. The molecule has 0 bridgehead atoms.